The number of nitrogens with one attached hydrogen (secondary N) is 1. The van der Waals surface area contributed by atoms with Crippen LogP contribution >= 0.6 is 0 Å². The molecule has 1 atom stereocenters. The van der Waals surface area contributed by atoms with Crippen molar-refractivity contribution < 1.29 is 27.3 Å². The lowest BCUT2D eigenvalue weighted by Crippen LogP contribution is -2.31. The van der Waals surface area contributed by atoms with Crippen LogP contribution in [-0.4, -0.2) is 36.9 Å². The van der Waals surface area contributed by atoms with E-state index in [0.717, 1.165) is 0 Å². The Balaban J connectivity index is 1.94. The number of sulfonamides is 1. The number of aromatic nitrogens is 2. The minimum atomic E-state index is -3.91. The average Bonchev–Trinajstić information content (AvgIpc) is 3.00. The van der Waals surface area contributed by atoms with Gasteiger partial charge in [-0.1, -0.05) is 17.3 Å². The number of aryl methyl sites for hydroxylation is 1. The fourth-order valence-corrected chi connectivity index (χ4v) is 2.84. The predicted molar refractivity (Wildman–Crippen MR) is 85.2 cm³/mol. The predicted octanol–water partition coefficient (Wildman–Crippen LogP) is 1.16. The fraction of sp³-hybridized carbons (Fsp3) is 0.333. The van der Waals surface area contributed by atoms with Crippen LogP contribution in [0.3, 0.4) is 0 Å². The molecule has 9 nitrogen and oxygen atoms in total. The summed E-state index contributed by atoms with van der Waals surface area (Å²) in [7, 11) is -3.91. The summed E-state index contributed by atoms with van der Waals surface area (Å²) in [6.07, 6.45) is -0.798. The summed E-state index contributed by atoms with van der Waals surface area (Å²) in [5, 5.41) is 3.58. The van der Waals surface area contributed by atoms with E-state index in [4.69, 9.17) is 9.26 Å². The van der Waals surface area contributed by atoms with E-state index in [1.165, 1.54) is 38.1 Å². The molecule has 134 valence electrons. The molecule has 0 bridgehead atoms. The van der Waals surface area contributed by atoms with E-state index in [1.54, 1.807) is 6.92 Å². The molecule has 1 heterocycles. The van der Waals surface area contributed by atoms with Crippen LogP contribution < -0.4 is 4.72 Å². The lowest BCUT2D eigenvalue weighted by Gasteiger charge is -2.10. The SMILES string of the molecule is CC(=O)c1ccc(S(=O)(=O)NCC(=O)OC(C)c2nc(C)no2)cc1. The number of rotatable bonds is 7. The summed E-state index contributed by atoms with van der Waals surface area (Å²) in [6.45, 7) is 3.96. The first kappa shape index (κ1) is 18.7. The van der Waals surface area contributed by atoms with E-state index in [2.05, 4.69) is 14.9 Å². The molecule has 1 N–H and O–H groups in total. The molecular weight excluding hydrogens is 350 g/mol. The van der Waals surface area contributed by atoms with Gasteiger partial charge in [-0.05, 0) is 32.9 Å². The van der Waals surface area contributed by atoms with E-state index in [0.29, 0.717) is 11.4 Å². The van der Waals surface area contributed by atoms with Crippen LogP contribution in [-0.2, 0) is 19.6 Å². The van der Waals surface area contributed by atoms with Crippen molar-refractivity contribution in [2.45, 2.75) is 31.8 Å². The quantitative estimate of drug-likeness (QED) is 0.570. The minimum Gasteiger partial charge on any atom is -0.452 e. The van der Waals surface area contributed by atoms with Gasteiger partial charge >= 0.3 is 5.97 Å². The number of benzene rings is 1. The number of ketones is 1. The van der Waals surface area contributed by atoms with Gasteiger partial charge in [-0.3, -0.25) is 9.59 Å². The molecule has 1 aromatic carbocycles. The molecule has 0 saturated heterocycles. The molecule has 1 unspecified atom stereocenters. The Morgan fingerprint density at radius 1 is 1.28 bits per heavy atom. The van der Waals surface area contributed by atoms with Crippen molar-refractivity contribution in [3.63, 3.8) is 0 Å². The Labute approximate surface area is 144 Å². The maximum absolute atomic E-state index is 12.1. The zero-order valence-electron chi connectivity index (χ0n) is 13.8. The molecule has 0 aliphatic rings. The summed E-state index contributed by atoms with van der Waals surface area (Å²) in [5.74, 6) is -0.459. The highest BCUT2D eigenvalue weighted by molar-refractivity contribution is 7.89. The first-order valence-corrected chi connectivity index (χ1v) is 8.77. The molecule has 0 aliphatic heterocycles. The van der Waals surface area contributed by atoms with Gasteiger partial charge in [0.25, 0.3) is 5.89 Å². The summed E-state index contributed by atoms with van der Waals surface area (Å²) < 4.78 is 36.3. The molecule has 0 radical (unpaired) electrons. The number of carbonyl (C=O) groups is 2. The molecule has 0 amide bonds. The molecule has 2 rings (SSSR count). The normalized spacial score (nSPS) is 12.6. The number of hydrogen-bond donors (Lipinski definition) is 1. The standard InChI is InChI=1S/C15H17N3O6S/c1-9(19)12-4-6-13(7-5-12)25(21,22)16-8-14(20)23-10(2)15-17-11(3)18-24-15/h4-7,10,16H,8H2,1-3H3. The third kappa shape index (κ3) is 4.94. The Morgan fingerprint density at radius 2 is 1.92 bits per heavy atom. The fourth-order valence-electron chi connectivity index (χ4n) is 1.87. The van der Waals surface area contributed by atoms with Crippen molar-refractivity contribution in [2.75, 3.05) is 6.54 Å². The number of esters is 1. The van der Waals surface area contributed by atoms with Gasteiger partial charge in [0, 0.05) is 5.56 Å². The highest BCUT2D eigenvalue weighted by Crippen LogP contribution is 2.14. The van der Waals surface area contributed by atoms with E-state index >= 15 is 0 Å². The van der Waals surface area contributed by atoms with Gasteiger partial charge in [-0.25, -0.2) is 8.42 Å². The second-order valence-electron chi connectivity index (χ2n) is 5.22. The molecule has 25 heavy (non-hydrogen) atoms. The second-order valence-corrected chi connectivity index (χ2v) is 6.98. The van der Waals surface area contributed by atoms with E-state index < -0.39 is 28.6 Å². The zero-order chi connectivity index (χ0) is 18.6. The monoisotopic (exact) mass is 367 g/mol. The number of ether oxygens (including phenoxy) is 1. The average molecular weight is 367 g/mol. The van der Waals surface area contributed by atoms with Crippen molar-refractivity contribution in [1.82, 2.24) is 14.9 Å². The Hall–Kier alpha value is -2.59. The molecule has 0 fully saturated rings. The Kier molecular flexibility index (Phi) is 5.65. The number of Topliss-reactive ketones (excluding diaryl/α,β-unsaturated/α-hetero) is 1. The summed E-state index contributed by atoms with van der Waals surface area (Å²) in [6, 6.07) is 5.37. The lowest BCUT2D eigenvalue weighted by atomic mass is 10.2. The van der Waals surface area contributed by atoms with E-state index in [1.807, 2.05) is 0 Å². The van der Waals surface area contributed by atoms with Gasteiger partial charge in [0.1, 0.15) is 6.54 Å². The second kappa shape index (κ2) is 7.53. The van der Waals surface area contributed by atoms with Crippen molar-refractivity contribution in [2.24, 2.45) is 0 Å². The van der Waals surface area contributed by atoms with Crippen LogP contribution in [0, 0.1) is 6.92 Å². The highest BCUT2D eigenvalue weighted by atomic mass is 32.2. The Morgan fingerprint density at radius 3 is 2.44 bits per heavy atom. The molecular formula is C15H17N3O6S. The zero-order valence-corrected chi connectivity index (χ0v) is 14.7. The van der Waals surface area contributed by atoms with Crippen LogP contribution in [0.25, 0.3) is 0 Å². The van der Waals surface area contributed by atoms with E-state index in [-0.39, 0.29) is 16.6 Å². The number of nitrogens with zero attached hydrogens (tertiary/aromatic N) is 2. The smallest absolute Gasteiger partial charge is 0.321 e. The summed E-state index contributed by atoms with van der Waals surface area (Å²) in [4.78, 5) is 26.8. The third-order valence-corrected chi connectivity index (χ3v) is 4.59. The van der Waals surface area contributed by atoms with Crippen molar-refractivity contribution in [1.29, 1.82) is 0 Å². The van der Waals surface area contributed by atoms with Gasteiger partial charge in [-0.2, -0.15) is 9.71 Å². The van der Waals surface area contributed by atoms with Gasteiger partial charge in [0.15, 0.2) is 17.7 Å². The third-order valence-electron chi connectivity index (χ3n) is 3.18. The van der Waals surface area contributed by atoms with Crippen molar-refractivity contribution in [3.8, 4) is 0 Å². The molecule has 1 aromatic heterocycles. The Bertz CT molecular complexity index is 873. The lowest BCUT2D eigenvalue weighted by molar-refractivity contribution is -0.148. The van der Waals surface area contributed by atoms with Crippen LogP contribution in [0.1, 0.15) is 42.0 Å². The van der Waals surface area contributed by atoms with Crippen molar-refractivity contribution >= 4 is 21.8 Å². The van der Waals surface area contributed by atoms with Gasteiger partial charge in [0.05, 0.1) is 4.90 Å². The van der Waals surface area contributed by atoms with Crippen LogP contribution in [0.5, 0.6) is 0 Å². The first-order chi connectivity index (χ1) is 11.7. The largest absolute Gasteiger partial charge is 0.452 e. The maximum Gasteiger partial charge on any atom is 0.321 e. The van der Waals surface area contributed by atoms with Crippen LogP contribution in [0.2, 0.25) is 0 Å². The first-order valence-electron chi connectivity index (χ1n) is 7.29. The van der Waals surface area contributed by atoms with Gasteiger partial charge in [-0.15, -0.1) is 0 Å². The number of hydrogen-bond acceptors (Lipinski definition) is 8. The van der Waals surface area contributed by atoms with Crippen LogP contribution in [0.15, 0.2) is 33.7 Å². The van der Waals surface area contributed by atoms with E-state index in [9.17, 15) is 18.0 Å². The topological polar surface area (TPSA) is 128 Å². The molecule has 0 spiro atoms. The molecule has 0 saturated carbocycles. The molecule has 10 heteroatoms. The number of carbonyl (C=O) groups excluding carboxylic acids is 2. The summed E-state index contributed by atoms with van der Waals surface area (Å²) >= 11 is 0. The minimum absolute atomic E-state index is 0.0640. The molecule has 0 aliphatic carbocycles. The van der Waals surface area contributed by atoms with Crippen molar-refractivity contribution in [3.05, 3.63) is 41.5 Å². The summed E-state index contributed by atoms with van der Waals surface area (Å²) in [5.41, 5.74) is 0.391. The van der Waals surface area contributed by atoms with Gasteiger partial charge < -0.3 is 9.26 Å². The maximum atomic E-state index is 12.1. The highest BCUT2D eigenvalue weighted by Gasteiger charge is 2.20. The molecule has 2 aromatic rings. The van der Waals surface area contributed by atoms with Crippen LogP contribution in [0.4, 0.5) is 0 Å². The van der Waals surface area contributed by atoms with Gasteiger partial charge in [0.2, 0.25) is 10.0 Å².